The van der Waals surface area contributed by atoms with Crippen LogP contribution in [0.15, 0.2) is 18.3 Å². The number of carboxylic acid groups (broad SMARTS) is 1. The zero-order valence-electron chi connectivity index (χ0n) is 12.3. The second kappa shape index (κ2) is 6.21. The van der Waals surface area contributed by atoms with Crippen molar-refractivity contribution in [3.63, 3.8) is 0 Å². The van der Waals surface area contributed by atoms with Gasteiger partial charge in [-0.2, -0.15) is 13.2 Å². The van der Waals surface area contributed by atoms with E-state index in [2.05, 4.69) is 10.3 Å². The largest absolute Gasteiger partial charge is 0.481 e. The molecule has 0 bridgehead atoms. The van der Waals surface area contributed by atoms with E-state index in [1.165, 1.54) is 11.0 Å². The van der Waals surface area contributed by atoms with Crippen molar-refractivity contribution in [3.8, 4) is 0 Å². The van der Waals surface area contributed by atoms with Crippen molar-refractivity contribution in [2.75, 3.05) is 19.6 Å². The van der Waals surface area contributed by atoms with Crippen molar-refractivity contribution in [2.45, 2.75) is 12.7 Å². The van der Waals surface area contributed by atoms with E-state index in [9.17, 15) is 27.9 Å². The maximum Gasteiger partial charge on any atom is 0.433 e. The highest BCUT2D eigenvalue weighted by Crippen LogP contribution is 2.40. The minimum Gasteiger partial charge on any atom is -0.481 e. The maximum atomic E-state index is 12.5. The molecule has 1 amide bonds. The molecule has 10 heteroatoms. The Morgan fingerprint density at radius 2 is 2.17 bits per heavy atom. The molecule has 2 N–H and O–H groups in total. The summed E-state index contributed by atoms with van der Waals surface area (Å²) in [6.07, 6.45) is -3.45. The normalized spacial score (nSPS) is 26.2. The minimum atomic E-state index is -4.52. The van der Waals surface area contributed by atoms with E-state index >= 15 is 0 Å². The van der Waals surface area contributed by atoms with Crippen molar-refractivity contribution < 1.29 is 27.9 Å². The molecular formula is C14H15ClF3N3O3. The fraction of sp³-hybridized carbons (Fsp3) is 0.500. The molecule has 1 aromatic rings. The molecule has 2 atom stereocenters. The zero-order chi connectivity index (χ0) is 16.8. The second-order valence-electron chi connectivity index (χ2n) is 5.89. The number of aromatic nitrogens is 1. The number of likely N-dealkylation sites (tertiary alicyclic amines) is 1. The van der Waals surface area contributed by atoms with Gasteiger partial charge in [0.1, 0.15) is 11.1 Å². The smallest absolute Gasteiger partial charge is 0.433 e. The molecule has 0 unspecified atom stereocenters. The van der Waals surface area contributed by atoms with Crippen LogP contribution in [0.1, 0.15) is 11.3 Å². The van der Waals surface area contributed by atoms with Crippen LogP contribution in [0.25, 0.3) is 0 Å². The van der Waals surface area contributed by atoms with Crippen molar-refractivity contribution in [1.29, 1.82) is 0 Å². The Morgan fingerprint density at radius 1 is 1.46 bits per heavy atom. The molecule has 132 valence electrons. The Hall–Kier alpha value is -1.87. The van der Waals surface area contributed by atoms with Crippen molar-refractivity contribution in [3.05, 3.63) is 29.6 Å². The molecule has 0 radical (unpaired) electrons. The number of carbonyl (C=O) groups is 2. The number of amides is 1. The number of nitrogens with one attached hydrogen (secondary N) is 1. The molecule has 0 saturated carbocycles. The lowest BCUT2D eigenvalue weighted by Gasteiger charge is -2.22. The summed E-state index contributed by atoms with van der Waals surface area (Å²) in [6, 6.07) is 2.11. The van der Waals surface area contributed by atoms with Crippen molar-refractivity contribution in [1.82, 2.24) is 15.2 Å². The molecule has 1 aromatic heterocycles. The molecule has 3 heterocycles. The van der Waals surface area contributed by atoms with Crippen LogP contribution in [0.2, 0.25) is 0 Å². The molecule has 2 fully saturated rings. The number of rotatable bonds is 3. The number of alkyl halides is 3. The molecule has 0 aromatic carbocycles. The number of carbonyl (C=O) groups excluding carboxylic acids is 1. The molecule has 0 aliphatic carbocycles. The predicted octanol–water partition coefficient (Wildman–Crippen LogP) is 1.15. The Labute approximate surface area is 141 Å². The Morgan fingerprint density at radius 3 is 2.67 bits per heavy atom. The van der Waals surface area contributed by atoms with Crippen LogP contribution in [-0.4, -0.2) is 46.5 Å². The highest BCUT2D eigenvalue weighted by Gasteiger charge is 2.59. The molecule has 3 rings (SSSR count). The Balaban J connectivity index is 0.00000208. The zero-order valence-corrected chi connectivity index (χ0v) is 13.2. The van der Waals surface area contributed by atoms with Gasteiger partial charge in [0, 0.05) is 32.4 Å². The van der Waals surface area contributed by atoms with Gasteiger partial charge in [-0.25, -0.2) is 0 Å². The first-order valence-corrected chi connectivity index (χ1v) is 6.99. The Kier molecular flexibility index (Phi) is 4.78. The summed E-state index contributed by atoms with van der Waals surface area (Å²) in [6.45, 7) is 0.600. The van der Waals surface area contributed by atoms with Gasteiger partial charge >= 0.3 is 12.1 Å². The number of pyridine rings is 1. The maximum absolute atomic E-state index is 12.5. The predicted molar refractivity (Wildman–Crippen MR) is 78.3 cm³/mol. The molecular weight excluding hydrogens is 351 g/mol. The highest BCUT2D eigenvalue weighted by molar-refractivity contribution is 5.92. The molecule has 0 spiro atoms. The SMILES string of the molecule is Cl.O=C1[C@@H]2CNC[C@]2(C(=O)O)CN1Cc1ccc(C(F)(F)F)nc1. The number of hydrogen-bond donors (Lipinski definition) is 2. The van der Waals surface area contributed by atoms with Crippen LogP contribution >= 0.6 is 12.4 Å². The van der Waals surface area contributed by atoms with Gasteiger partial charge in [-0.15, -0.1) is 12.4 Å². The number of hydrogen-bond acceptors (Lipinski definition) is 4. The molecule has 24 heavy (non-hydrogen) atoms. The first-order valence-electron chi connectivity index (χ1n) is 6.99. The standard InChI is InChI=1S/C14H14F3N3O3.ClH/c15-14(16,17)10-2-1-8(3-19-10)5-20-7-13(12(22)23)6-18-4-9(13)11(20)21;/h1-3,9,18H,4-7H2,(H,22,23);1H/t9-,13-;/m0./s1. The van der Waals surface area contributed by atoms with E-state index in [0.29, 0.717) is 12.1 Å². The van der Waals surface area contributed by atoms with Crippen LogP contribution in [0, 0.1) is 11.3 Å². The lowest BCUT2D eigenvalue weighted by molar-refractivity contribution is -0.149. The van der Waals surface area contributed by atoms with Gasteiger partial charge in [0.15, 0.2) is 0 Å². The van der Waals surface area contributed by atoms with E-state index in [4.69, 9.17) is 0 Å². The number of nitrogens with zero attached hydrogens (tertiary/aromatic N) is 2. The number of carboxylic acids is 1. The van der Waals surface area contributed by atoms with E-state index in [1.54, 1.807) is 0 Å². The monoisotopic (exact) mass is 365 g/mol. The molecule has 6 nitrogen and oxygen atoms in total. The second-order valence-corrected chi connectivity index (χ2v) is 5.89. The summed E-state index contributed by atoms with van der Waals surface area (Å²) < 4.78 is 37.4. The average molecular weight is 366 g/mol. The number of halogens is 4. The van der Waals surface area contributed by atoms with E-state index in [-0.39, 0.29) is 37.9 Å². The molecule has 2 aliphatic rings. The quantitative estimate of drug-likeness (QED) is 0.840. The summed E-state index contributed by atoms with van der Waals surface area (Å²) >= 11 is 0. The van der Waals surface area contributed by atoms with Crippen LogP contribution in [-0.2, 0) is 22.3 Å². The Bertz CT molecular complexity index is 653. The van der Waals surface area contributed by atoms with Gasteiger partial charge in [0.05, 0.1) is 5.92 Å². The van der Waals surface area contributed by atoms with Crippen LogP contribution in [0.4, 0.5) is 13.2 Å². The average Bonchev–Trinajstić information content (AvgIpc) is 3.00. The van der Waals surface area contributed by atoms with E-state index in [1.807, 2.05) is 0 Å². The van der Waals surface area contributed by atoms with Crippen LogP contribution in [0.5, 0.6) is 0 Å². The van der Waals surface area contributed by atoms with E-state index in [0.717, 1.165) is 12.3 Å². The summed E-state index contributed by atoms with van der Waals surface area (Å²) in [7, 11) is 0. The van der Waals surface area contributed by atoms with Gasteiger partial charge in [0.25, 0.3) is 0 Å². The van der Waals surface area contributed by atoms with Crippen LogP contribution in [0.3, 0.4) is 0 Å². The minimum absolute atomic E-state index is 0. The summed E-state index contributed by atoms with van der Waals surface area (Å²) in [5.41, 5.74) is -1.73. The summed E-state index contributed by atoms with van der Waals surface area (Å²) in [4.78, 5) is 28.6. The third-order valence-corrected chi connectivity index (χ3v) is 4.45. The van der Waals surface area contributed by atoms with Gasteiger partial charge in [0.2, 0.25) is 5.91 Å². The highest BCUT2D eigenvalue weighted by atomic mass is 35.5. The van der Waals surface area contributed by atoms with Gasteiger partial charge < -0.3 is 15.3 Å². The van der Waals surface area contributed by atoms with Gasteiger partial charge in [-0.1, -0.05) is 6.07 Å². The lowest BCUT2D eigenvalue weighted by atomic mass is 9.81. The fourth-order valence-corrected chi connectivity index (χ4v) is 3.22. The van der Waals surface area contributed by atoms with Gasteiger partial charge in [-0.3, -0.25) is 14.6 Å². The summed E-state index contributed by atoms with van der Waals surface area (Å²) in [5.74, 6) is -1.96. The first kappa shape index (κ1) is 18.5. The number of aliphatic carboxylic acids is 1. The summed E-state index contributed by atoms with van der Waals surface area (Å²) in [5, 5.41) is 12.4. The lowest BCUT2D eigenvalue weighted by Crippen LogP contribution is -2.40. The third kappa shape index (κ3) is 2.93. The number of fused-ring (bicyclic) bond motifs is 1. The van der Waals surface area contributed by atoms with Crippen molar-refractivity contribution in [2.24, 2.45) is 11.3 Å². The first-order chi connectivity index (χ1) is 10.7. The van der Waals surface area contributed by atoms with Crippen LogP contribution < -0.4 is 5.32 Å². The molecule has 2 saturated heterocycles. The van der Waals surface area contributed by atoms with Crippen molar-refractivity contribution >= 4 is 24.3 Å². The third-order valence-electron chi connectivity index (χ3n) is 4.45. The topological polar surface area (TPSA) is 82.5 Å². The van der Waals surface area contributed by atoms with Gasteiger partial charge in [-0.05, 0) is 11.6 Å². The fourth-order valence-electron chi connectivity index (χ4n) is 3.22. The molecule has 2 aliphatic heterocycles. The van der Waals surface area contributed by atoms with E-state index < -0.39 is 29.2 Å².